The molecule has 4 rings (SSSR count). The Morgan fingerprint density at radius 2 is 1.90 bits per heavy atom. The smallest absolute Gasteiger partial charge is 0.0448 e. The highest BCUT2D eigenvalue weighted by atomic mass is 32.1. The molecule has 2 heterocycles. The number of aryl methyl sites for hydroxylation is 1. The Morgan fingerprint density at radius 1 is 1.00 bits per heavy atom. The zero-order chi connectivity index (χ0) is 14.1. The molecule has 2 aromatic heterocycles. The Labute approximate surface area is 135 Å². The standard InChI is InChI=1S/C18H23NS2/c1-2-6-13(5-1)18(17-9-4-11-20-17)19-15-7-3-8-16-14(15)10-12-21-16/h4,9-13,15,18-19H,1-3,5-8H2. The highest BCUT2D eigenvalue weighted by Gasteiger charge is 2.31. The number of thiophene rings is 2. The van der Waals surface area contributed by atoms with E-state index in [2.05, 4.69) is 34.3 Å². The molecule has 1 N–H and O–H groups in total. The first kappa shape index (κ1) is 14.0. The number of hydrogen-bond donors (Lipinski definition) is 1. The Morgan fingerprint density at radius 3 is 2.71 bits per heavy atom. The largest absolute Gasteiger partial charge is 0.302 e. The lowest BCUT2D eigenvalue weighted by Gasteiger charge is -2.31. The molecule has 0 aromatic carbocycles. The van der Waals surface area contributed by atoms with E-state index in [9.17, 15) is 0 Å². The summed E-state index contributed by atoms with van der Waals surface area (Å²) in [6.45, 7) is 0. The Bertz CT molecular complexity index is 566. The Kier molecular flexibility index (Phi) is 4.15. The summed E-state index contributed by atoms with van der Waals surface area (Å²) in [5, 5.41) is 8.57. The fourth-order valence-electron chi connectivity index (χ4n) is 4.09. The highest BCUT2D eigenvalue weighted by Crippen LogP contribution is 2.41. The van der Waals surface area contributed by atoms with Crippen LogP contribution in [0.15, 0.2) is 29.0 Å². The minimum Gasteiger partial charge on any atom is -0.302 e. The molecule has 21 heavy (non-hydrogen) atoms. The van der Waals surface area contributed by atoms with Crippen molar-refractivity contribution in [2.45, 2.75) is 57.0 Å². The first-order chi connectivity index (χ1) is 10.4. The molecular weight excluding hydrogens is 294 g/mol. The van der Waals surface area contributed by atoms with E-state index in [-0.39, 0.29) is 0 Å². The number of fused-ring (bicyclic) bond motifs is 1. The van der Waals surface area contributed by atoms with E-state index in [4.69, 9.17) is 0 Å². The molecule has 2 unspecified atom stereocenters. The van der Waals surface area contributed by atoms with Crippen molar-refractivity contribution in [3.05, 3.63) is 44.3 Å². The van der Waals surface area contributed by atoms with Crippen LogP contribution < -0.4 is 5.32 Å². The molecule has 0 radical (unpaired) electrons. The van der Waals surface area contributed by atoms with Crippen molar-refractivity contribution in [3.8, 4) is 0 Å². The second-order valence-corrected chi connectivity index (χ2v) is 8.43. The van der Waals surface area contributed by atoms with Crippen molar-refractivity contribution < 1.29 is 0 Å². The van der Waals surface area contributed by atoms with Gasteiger partial charge in [-0.05, 0) is 66.5 Å². The predicted molar refractivity (Wildman–Crippen MR) is 92.2 cm³/mol. The van der Waals surface area contributed by atoms with E-state index in [0.717, 1.165) is 5.92 Å². The van der Waals surface area contributed by atoms with E-state index < -0.39 is 0 Å². The topological polar surface area (TPSA) is 12.0 Å². The Hall–Kier alpha value is -0.640. The third-order valence-electron chi connectivity index (χ3n) is 5.15. The van der Waals surface area contributed by atoms with Crippen molar-refractivity contribution in [3.63, 3.8) is 0 Å². The molecule has 0 saturated heterocycles. The van der Waals surface area contributed by atoms with Gasteiger partial charge < -0.3 is 5.32 Å². The lowest BCUT2D eigenvalue weighted by atomic mass is 9.90. The van der Waals surface area contributed by atoms with Gasteiger partial charge in [-0.1, -0.05) is 18.9 Å². The summed E-state index contributed by atoms with van der Waals surface area (Å²) in [5.74, 6) is 0.840. The Balaban J connectivity index is 1.58. The van der Waals surface area contributed by atoms with Crippen LogP contribution in [0.25, 0.3) is 0 Å². The molecular formula is C18H23NS2. The van der Waals surface area contributed by atoms with Gasteiger partial charge in [0.25, 0.3) is 0 Å². The highest BCUT2D eigenvalue weighted by molar-refractivity contribution is 7.10. The molecule has 1 nitrogen and oxygen atoms in total. The first-order valence-electron chi connectivity index (χ1n) is 8.27. The third-order valence-corrected chi connectivity index (χ3v) is 7.11. The summed E-state index contributed by atoms with van der Waals surface area (Å²) < 4.78 is 0. The van der Waals surface area contributed by atoms with Crippen LogP contribution in [0.1, 0.15) is 65.9 Å². The monoisotopic (exact) mass is 317 g/mol. The quantitative estimate of drug-likeness (QED) is 0.761. The van der Waals surface area contributed by atoms with Crippen molar-refractivity contribution in [2.75, 3.05) is 0 Å². The lowest BCUT2D eigenvalue weighted by Crippen LogP contribution is -2.32. The predicted octanol–water partition coefficient (Wildman–Crippen LogP) is 5.71. The summed E-state index contributed by atoms with van der Waals surface area (Å²) in [6, 6.07) is 8.05. The second kappa shape index (κ2) is 6.23. The normalized spacial score (nSPS) is 24.1. The van der Waals surface area contributed by atoms with Gasteiger partial charge in [-0.2, -0.15) is 0 Å². The molecule has 112 valence electrons. The van der Waals surface area contributed by atoms with Gasteiger partial charge in [0.05, 0.1) is 0 Å². The third kappa shape index (κ3) is 2.84. The van der Waals surface area contributed by atoms with Crippen LogP contribution in [0.5, 0.6) is 0 Å². The van der Waals surface area contributed by atoms with Crippen LogP contribution in [0.3, 0.4) is 0 Å². The molecule has 3 heteroatoms. The molecule has 0 aliphatic heterocycles. The lowest BCUT2D eigenvalue weighted by molar-refractivity contribution is 0.317. The average Bonchev–Trinajstić information content (AvgIpc) is 3.24. The molecule has 2 aliphatic rings. The van der Waals surface area contributed by atoms with Crippen LogP contribution >= 0.6 is 22.7 Å². The van der Waals surface area contributed by atoms with E-state index in [1.54, 1.807) is 15.3 Å². The number of nitrogens with one attached hydrogen (secondary N) is 1. The number of hydrogen-bond acceptors (Lipinski definition) is 3. The van der Waals surface area contributed by atoms with Gasteiger partial charge in [0, 0.05) is 21.8 Å². The maximum Gasteiger partial charge on any atom is 0.0448 e. The fraction of sp³-hybridized carbons (Fsp3) is 0.556. The maximum atomic E-state index is 4.06. The van der Waals surface area contributed by atoms with Crippen molar-refractivity contribution in [1.29, 1.82) is 0 Å². The van der Waals surface area contributed by atoms with E-state index in [1.807, 2.05) is 22.7 Å². The van der Waals surface area contributed by atoms with Gasteiger partial charge in [-0.25, -0.2) is 0 Å². The molecule has 0 bridgehead atoms. The van der Waals surface area contributed by atoms with Crippen LogP contribution in [-0.4, -0.2) is 0 Å². The van der Waals surface area contributed by atoms with Gasteiger partial charge >= 0.3 is 0 Å². The molecule has 0 spiro atoms. The van der Waals surface area contributed by atoms with Crippen LogP contribution in [0.4, 0.5) is 0 Å². The van der Waals surface area contributed by atoms with Gasteiger partial charge in [-0.3, -0.25) is 0 Å². The number of rotatable bonds is 4. The summed E-state index contributed by atoms with van der Waals surface area (Å²) in [5.41, 5.74) is 1.59. The summed E-state index contributed by atoms with van der Waals surface area (Å²) in [6.07, 6.45) is 9.58. The zero-order valence-corrected chi connectivity index (χ0v) is 14.0. The molecule has 1 fully saturated rings. The summed E-state index contributed by atoms with van der Waals surface area (Å²) in [4.78, 5) is 3.17. The van der Waals surface area contributed by atoms with Crippen LogP contribution in [0.2, 0.25) is 0 Å². The van der Waals surface area contributed by atoms with Crippen LogP contribution in [-0.2, 0) is 6.42 Å². The van der Waals surface area contributed by atoms with E-state index >= 15 is 0 Å². The maximum absolute atomic E-state index is 4.06. The minimum atomic E-state index is 0.573. The van der Waals surface area contributed by atoms with Gasteiger partial charge in [0.2, 0.25) is 0 Å². The van der Waals surface area contributed by atoms with Gasteiger partial charge in [-0.15, -0.1) is 22.7 Å². The molecule has 2 aliphatic carbocycles. The zero-order valence-electron chi connectivity index (χ0n) is 12.4. The first-order valence-corrected chi connectivity index (χ1v) is 10.0. The second-order valence-electron chi connectivity index (χ2n) is 6.45. The van der Waals surface area contributed by atoms with Gasteiger partial charge in [0.15, 0.2) is 0 Å². The summed E-state index contributed by atoms with van der Waals surface area (Å²) >= 11 is 3.88. The van der Waals surface area contributed by atoms with Crippen molar-refractivity contribution in [2.24, 2.45) is 5.92 Å². The van der Waals surface area contributed by atoms with Gasteiger partial charge in [0.1, 0.15) is 0 Å². The van der Waals surface area contributed by atoms with Crippen molar-refractivity contribution >= 4 is 22.7 Å². The average molecular weight is 318 g/mol. The van der Waals surface area contributed by atoms with E-state index in [0.29, 0.717) is 12.1 Å². The molecule has 0 amide bonds. The van der Waals surface area contributed by atoms with Crippen molar-refractivity contribution in [1.82, 2.24) is 5.32 Å². The molecule has 2 aromatic rings. The van der Waals surface area contributed by atoms with E-state index in [1.165, 1.54) is 44.9 Å². The molecule has 2 atom stereocenters. The fourth-order valence-corrected chi connectivity index (χ4v) is 5.95. The molecule has 1 saturated carbocycles. The van der Waals surface area contributed by atoms with Crippen LogP contribution in [0, 0.1) is 5.92 Å². The minimum absolute atomic E-state index is 0.573. The SMILES string of the molecule is c1csc(C(NC2CCCc3sccc32)C2CCCC2)c1. The summed E-state index contributed by atoms with van der Waals surface area (Å²) in [7, 11) is 0.